The Bertz CT molecular complexity index is 505. The molecule has 1 aromatic heterocycles. The number of methoxy groups -OCH3 is 1. The number of nitrogens with two attached hydrogens (primary N) is 1. The molecule has 0 saturated carbocycles. The van der Waals surface area contributed by atoms with E-state index in [2.05, 4.69) is 0 Å². The summed E-state index contributed by atoms with van der Waals surface area (Å²) in [6.07, 6.45) is 1.73. The van der Waals surface area contributed by atoms with Gasteiger partial charge in [0, 0.05) is 33.4 Å². The van der Waals surface area contributed by atoms with Crippen LogP contribution in [0.5, 0.6) is 0 Å². The highest BCUT2D eigenvalue weighted by atomic mass is 32.2. The highest BCUT2D eigenvalue weighted by Gasteiger charge is 2.30. The minimum atomic E-state index is -3.33. The summed E-state index contributed by atoms with van der Waals surface area (Å²) in [5.41, 5.74) is 6.39. The Morgan fingerprint density at radius 2 is 2.16 bits per heavy atom. The van der Waals surface area contributed by atoms with E-state index < -0.39 is 10.0 Å². The highest BCUT2D eigenvalue weighted by Crippen LogP contribution is 2.27. The Kier molecular flexibility index (Phi) is 4.97. The number of piperidine rings is 1. The summed E-state index contributed by atoms with van der Waals surface area (Å²) in [5.74, 6) is 0.472. The fourth-order valence-electron chi connectivity index (χ4n) is 2.27. The number of thiophene rings is 1. The van der Waals surface area contributed by atoms with E-state index in [4.69, 9.17) is 10.5 Å². The molecular formula is C12H20N2O3S2. The molecule has 1 aliphatic heterocycles. The molecule has 5 nitrogen and oxygen atoms in total. The van der Waals surface area contributed by atoms with E-state index in [9.17, 15) is 8.42 Å². The van der Waals surface area contributed by atoms with Crippen LogP contribution in [-0.2, 0) is 21.3 Å². The summed E-state index contributed by atoms with van der Waals surface area (Å²) in [7, 11) is -1.65. The zero-order valence-corrected chi connectivity index (χ0v) is 12.7. The van der Waals surface area contributed by atoms with Crippen LogP contribution in [0.2, 0.25) is 0 Å². The Balaban J connectivity index is 2.05. The molecule has 0 radical (unpaired) electrons. The van der Waals surface area contributed by atoms with E-state index in [0.717, 1.165) is 18.4 Å². The maximum Gasteiger partial charge on any atom is 0.252 e. The van der Waals surface area contributed by atoms with Gasteiger partial charge < -0.3 is 10.5 Å². The van der Waals surface area contributed by atoms with Gasteiger partial charge in [-0.15, -0.1) is 11.3 Å². The van der Waals surface area contributed by atoms with Gasteiger partial charge in [-0.3, -0.25) is 0 Å². The van der Waals surface area contributed by atoms with Crippen LogP contribution in [0, 0.1) is 5.92 Å². The van der Waals surface area contributed by atoms with E-state index in [1.807, 2.05) is 5.38 Å². The second kappa shape index (κ2) is 6.32. The Morgan fingerprint density at radius 3 is 2.68 bits per heavy atom. The van der Waals surface area contributed by atoms with E-state index in [1.54, 1.807) is 17.5 Å². The number of hydrogen-bond donors (Lipinski definition) is 1. The molecule has 1 saturated heterocycles. The summed E-state index contributed by atoms with van der Waals surface area (Å²) in [6.45, 7) is 2.24. The van der Waals surface area contributed by atoms with Crippen LogP contribution in [0.1, 0.15) is 18.4 Å². The molecule has 1 aromatic rings. The lowest BCUT2D eigenvalue weighted by Gasteiger charge is -2.30. The standard InChI is InChI=1S/C12H20N2O3S2/c1-17-8-10-2-4-14(5-3-10)19(15,16)12-6-11(7-13)9-18-12/h6,9-10H,2-5,7-8,13H2,1H3. The quantitative estimate of drug-likeness (QED) is 0.888. The lowest BCUT2D eigenvalue weighted by molar-refractivity contribution is 0.121. The molecule has 108 valence electrons. The number of nitrogens with zero attached hydrogens (tertiary/aromatic N) is 1. The highest BCUT2D eigenvalue weighted by molar-refractivity contribution is 7.91. The third-order valence-corrected chi connectivity index (χ3v) is 6.80. The van der Waals surface area contributed by atoms with Crippen LogP contribution >= 0.6 is 11.3 Å². The predicted molar refractivity (Wildman–Crippen MR) is 75.6 cm³/mol. The average molecular weight is 304 g/mol. The van der Waals surface area contributed by atoms with Crippen LogP contribution in [0.15, 0.2) is 15.7 Å². The monoisotopic (exact) mass is 304 g/mol. The fraction of sp³-hybridized carbons (Fsp3) is 0.667. The first kappa shape index (κ1) is 14.9. The number of ether oxygens (including phenoxy) is 1. The topological polar surface area (TPSA) is 72.6 Å². The van der Waals surface area contributed by atoms with Crippen molar-refractivity contribution in [3.05, 3.63) is 17.0 Å². The molecule has 7 heteroatoms. The van der Waals surface area contributed by atoms with Crippen molar-refractivity contribution in [1.29, 1.82) is 0 Å². The maximum absolute atomic E-state index is 12.4. The van der Waals surface area contributed by atoms with Crippen LogP contribution < -0.4 is 5.73 Å². The average Bonchev–Trinajstić information content (AvgIpc) is 2.89. The summed E-state index contributed by atoms with van der Waals surface area (Å²) in [4.78, 5) is 0. The first-order valence-corrected chi connectivity index (χ1v) is 8.66. The lowest BCUT2D eigenvalue weighted by Crippen LogP contribution is -2.39. The van der Waals surface area contributed by atoms with Gasteiger partial charge in [0.2, 0.25) is 0 Å². The Morgan fingerprint density at radius 1 is 1.47 bits per heavy atom. The minimum Gasteiger partial charge on any atom is -0.384 e. The van der Waals surface area contributed by atoms with Crippen molar-refractivity contribution >= 4 is 21.4 Å². The molecule has 2 N–H and O–H groups in total. The molecule has 1 aliphatic rings. The Hall–Kier alpha value is -0.470. The molecule has 0 atom stereocenters. The first-order chi connectivity index (χ1) is 9.07. The molecule has 0 aromatic carbocycles. The SMILES string of the molecule is COCC1CCN(S(=O)(=O)c2cc(CN)cs2)CC1. The third kappa shape index (κ3) is 3.35. The van der Waals surface area contributed by atoms with Crippen molar-refractivity contribution < 1.29 is 13.2 Å². The summed E-state index contributed by atoms with van der Waals surface area (Å²) < 4.78 is 32.0. The summed E-state index contributed by atoms with van der Waals surface area (Å²) >= 11 is 1.25. The molecule has 0 unspecified atom stereocenters. The van der Waals surface area contributed by atoms with Crippen LogP contribution in [-0.4, -0.2) is 39.5 Å². The van der Waals surface area contributed by atoms with Crippen molar-refractivity contribution in [2.45, 2.75) is 23.6 Å². The molecule has 2 rings (SSSR count). The molecule has 19 heavy (non-hydrogen) atoms. The summed E-state index contributed by atoms with van der Waals surface area (Å²) in [5, 5.41) is 1.81. The smallest absolute Gasteiger partial charge is 0.252 e. The molecule has 0 spiro atoms. The van der Waals surface area contributed by atoms with Gasteiger partial charge in [0.25, 0.3) is 10.0 Å². The van der Waals surface area contributed by atoms with Gasteiger partial charge in [0.1, 0.15) is 4.21 Å². The van der Waals surface area contributed by atoms with Crippen molar-refractivity contribution in [3.63, 3.8) is 0 Å². The van der Waals surface area contributed by atoms with E-state index in [0.29, 0.717) is 36.4 Å². The van der Waals surface area contributed by atoms with Gasteiger partial charge in [0.15, 0.2) is 0 Å². The zero-order chi connectivity index (χ0) is 13.9. The number of hydrogen-bond acceptors (Lipinski definition) is 5. The first-order valence-electron chi connectivity index (χ1n) is 6.34. The molecule has 0 aliphatic carbocycles. The molecular weight excluding hydrogens is 284 g/mol. The fourth-order valence-corrected chi connectivity index (χ4v) is 5.12. The maximum atomic E-state index is 12.4. The third-order valence-electron chi connectivity index (χ3n) is 3.44. The van der Waals surface area contributed by atoms with Crippen molar-refractivity contribution in [2.24, 2.45) is 11.7 Å². The molecule has 1 fully saturated rings. The number of rotatable bonds is 5. The van der Waals surface area contributed by atoms with Gasteiger partial charge in [-0.05, 0) is 35.8 Å². The summed E-state index contributed by atoms with van der Waals surface area (Å²) in [6, 6.07) is 1.68. The van der Waals surface area contributed by atoms with E-state index in [-0.39, 0.29) is 0 Å². The number of sulfonamides is 1. The normalized spacial score (nSPS) is 18.8. The van der Waals surface area contributed by atoms with E-state index >= 15 is 0 Å². The Labute approximate surface area is 118 Å². The molecule has 2 heterocycles. The van der Waals surface area contributed by atoms with Gasteiger partial charge >= 0.3 is 0 Å². The second-order valence-corrected chi connectivity index (χ2v) is 7.86. The molecule has 0 bridgehead atoms. The van der Waals surface area contributed by atoms with Crippen LogP contribution in [0.25, 0.3) is 0 Å². The molecule has 0 amide bonds. The van der Waals surface area contributed by atoms with Crippen LogP contribution in [0.3, 0.4) is 0 Å². The predicted octanol–water partition coefficient (Wildman–Crippen LogP) is 1.25. The van der Waals surface area contributed by atoms with Gasteiger partial charge in [-0.25, -0.2) is 8.42 Å². The minimum absolute atomic E-state index is 0.377. The van der Waals surface area contributed by atoms with Gasteiger partial charge in [-0.2, -0.15) is 4.31 Å². The zero-order valence-electron chi connectivity index (χ0n) is 11.0. The largest absolute Gasteiger partial charge is 0.384 e. The second-order valence-electron chi connectivity index (χ2n) is 4.78. The van der Waals surface area contributed by atoms with Crippen LogP contribution in [0.4, 0.5) is 0 Å². The van der Waals surface area contributed by atoms with Gasteiger partial charge in [0.05, 0.1) is 0 Å². The van der Waals surface area contributed by atoms with Crippen molar-refractivity contribution in [3.8, 4) is 0 Å². The van der Waals surface area contributed by atoms with E-state index in [1.165, 1.54) is 11.3 Å². The lowest BCUT2D eigenvalue weighted by atomic mass is 9.99. The van der Waals surface area contributed by atoms with Crippen molar-refractivity contribution in [2.75, 3.05) is 26.8 Å². The van der Waals surface area contributed by atoms with Crippen molar-refractivity contribution in [1.82, 2.24) is 4.31 Å². The van der Waals surface area contributed by atoms with Gasteiger partial charge in [-0.1, -0.05) is 0 Å².